The summed E-state index contributed by atoms with van der Waals surface area (Å²) >= 11 is 0. The van der Waals surface area contributed by atoms with Crippen molar-refractivity contribution in [3.63, 3.8) is 0 Å². The molecule has 2 nitrogen and oxygen atoms in total. The zero-order valence-corrected chi connectivity index (χ0v) is 12.5. The summed E-state index contributed by atoms with van der Waals surface area (Å²) in [4.78, 5) is 0. The summed E-state index contributed by atoms with van der Waals surface area (Å²) in [6.45, 7) is 11.2. The minimum atomic E-state index is -0.627. The molecule has 2 N–H and O–H groups in total. The summed E-state index contributed by atoms with van der Waals surface area (Å²) in [5.41, 5.74) is -0.143. The zero-order valence-electron chi connectivity index (χ0n) is 12.5. The van der Waals surface area contributed by atoms with Crippen molar-refractivity contribution in [2.45, 2.75) is 72.0 Å². The summed E-state index contributed by atoms with van der Waals surface area (Å²) in [5.74, 6) is 1.16. The van der Waals surface area contributed by atoms with Gasteiger partial charge in [-0.15, -0.1) is 0 Å². The third-order valence-electron chi connectivity index (χ3n) is 7.00. The van der Waals surface area contributed by atoms with E-state index < -0.39 is 5.60 Å². The molecule has 0 bridgehead atoms. The predicted molar refractivity (Wildman–Crippen MR) is 72.1 cm³/mol. The molecule has 0 spiro atoms. The molecule has 18 heavy (non-hydrogen) atoms. The van der Waals surface area contributed by atoms with Crippen LogP contribution in [0.25, 0.3) is 0 Å². The standard InChI is InChI=1S/C16H28O2/c1-13(2)9-15(4)12(13)10-8-14(10,3)11(17)6-7-16(15,5)18/h10-12,17-18H,6-9H2,1-5H3/t10-,11-,12+,14-,15+,16+/m1/s1. The lowest BCUT2D eigenvalue weighted by molar-refractivity contribution is -0.233. The summed E-state index contributed by atoms with van der Waals surface area (Å²) in [7, 11) is 0. The molecular weight excluding hydrogens is 224 g/mol. The van der Waals surface area contributed by atoms with E-state index in [0.29, 0.717) is 17.3 Å². The molecule has 0 aromatic heterocycles. The van der Waals surface area contributed by atoms with Gasteiger partial charge in [0.1, 0.15) is 0 Å². The van der Waals surface area contributed by atoms with Gasteiger partial charge in [0.05, 0.1) is 11.7 Å². The number of fused-ring (bicyclic) bond motifs is 3. The van der Waals surface area contributed by atoms with Crippen LogP contribution < -0.4 is 0 Å². The van der Waals surface area contributed by atoms with Crippen molar-refractivity contribution >= 4 is 0 Å². The van der Waals surface area contributed by atoms with Gasteiger partial charge >= 0.3 is 0 Å². The van der Waals surface area contributed by atoms with Gasteiger partial charge in [-0.25, -0.2) is 0 Å². The van der Waals surface area contributed by atoms with Gasteiger partial charge < -0.3 is 10.2 Å². The Bertz CT molecular complexity index is 387. The van der Waals surface area contributed by atoms with E-state index in [9.17, 15) is 10.2 Å². The zero-order chi connectivity index (χ0) is 13.6. The molecule has 0 aromatic rings. The highest BCUT2D eigenvalue weighted by Crippen LogP contribution is 2.76. The summed E-state index contributed by atoms with van der Waals surface area (Å²) in [6, 6.07) is 0. The molecule has 6 atom stereocenters. The number of hydrogen-bond donors (Lipinski definition) is 2. The number of hydrogen-bond acceptors (Lipinski definition) is 2. The van der Waals surface area contributed by atoms with Gasteiger partial charge in [-0.1, -0.05) is 27.7 Å². The Morgan fingerprint density at radius 3 is 2.22 bits per heavy atom. The van der Waals surface area contributed by atoms with Crippen LogP contribution in [0.4, 0.5) is 0 Å². The quantitative estimate of drug-likeness (QED) is 0.696. The second-order valence-electron chi connectivity index (χ2n) is 8.71. The van der Waals surface area contributed by atoms with Crippen LogP contribution in [0.2, 0.25) is 0 Å². The average Bonchev–Trinajstić information content (AvgIpc) is 2.84. The molecule has 2 heteroatoms. The van der Waals surface area contributed by atoms with Crippen molar-refractivity contribution in [2.75, 3.05) is 0 Å². The maximum Gasteiger partial charge on any atom is 0.0677 e. The van der Waals surface area contributed by atoms with Gasteiger partial charge in [0.2, 0.25) is 0 Å². The Labute approximate surface area is 111 Å². The Balaban J connectivity index is 2.00. The summed E-state index contributed by atoms with van der Waals surface area (Å²) in [6.07, 6.45) is 3.52. The van der Waals surface area contributed by atoms with E-state index in [2.05, 4.69) is 27.7 Å². The van der Waals surface area contributed by atoms with Crippen molar-refractivity contribution in [1.29, 1.82) is 0 Å². The predicted octanol–water partition coefficient (Wildman–Crippen LogP) is 2.97. The van der Waals surface area contributed by atoms with Crippen LogP contribution in [-0.2, 0) is 0 Å². The first kappa shape index (κ1) is 12.9. The lowest BCUT2D eigenvalue weighted by atomic mass is 9.40. The lowest BCUT2D eigenvalue weighted by Crippen LogP contribution is -2.65. The molecule has 3 rings (SSSR count). The molecule has 3 fully saturated rings. The van der Waals surface area contributed by atoms with Crippen LogP contribution >= 0.6 is 0 Å². The summed E-state index contributed by atoms with van der Waals surface area (Å²) < 4.78 is 0. The SMILES string of the molecule is CC1(C)C[C@@]2(C)[C@H]1[C@H]1C[C@@]1(C)[C@H](O)CC[C@]2(C)O. The van der Waals surface area contributed by atoms with Crippen molar-refractivity contribution in [2.24, 2.45) is 28.1 Å². The normalized spacial score (nSPS) is 61.8. The summed E-state index contributed by atoms with van der Waals surface area (Å²) in [5, 5.41) is 21.3. The van der Waals surface area contributed by atoms with Crippen LogP contribution in [0.3, 0.4) is 0 Å². The third-order valence-corrected chi connectivity index (χ3v) is 7.00. The van der Waals surface area contributed by atoms with E-state index in [1.807, 2.05) is 6.92 Å². The van der Waals surface area contributed by atoms with Gasteiger partial charge in [-0.3, -0.25) is 0 Å². The molecule has 3 saturated carbocycles. The van der Waals surface area contributed by atoms with Crippen molar-refractivity contribution in [3.05, 3.63) is 0 Å². The number of rotatable bonds is 0. The van der Waals surface area contributed by atoms with E-state index in [1.54, 1.807) is 0 Å². The fourth-order valence-corrected chi connectivity index (χ4v) is 5.74. The Hall–Kier alpha value is -0.0800. The molecule has 0 unspecified atom stereocenters. The Kier molecular flexibility index (Phi) is 2.26. The topological polar surface area (TPSA) is 40.5 Å². The molecular formula is C16H28O2. The second-order valence-corrected chi connectivity index (χ2v) is 8.71. The van der Waals surface area contributed by atoms with Crippen LogP contribution in [-0.4, -0.2) is 21.9 Å². The van der Waals surface area contributed by atoms with Gasteiger partial charge in [-0.2, -0.15) is 0 Å². The van der Waals surface area contributed by atoms with Crippen LogP contribution in [0.5, 0.6) is 0 Å². The van der Waals surface area contributed by atoms with Crippen molar-refractivity contribution < 1.29 is 10.2 Å². The van der Waals surface area contributed by atoms with Gasteiger partial charge in [0.15, 0.2) is 0 Å². The van der Waals surface area contributed by atoms with Crippen LogP contribution in [0, 0.1) is 28.1 Å². The number of aliphatic hydroxyl groups is 2. The average molecular weight is 252 g/mol. The van der Waals surface area contributed by atoms with Gasteiger partial charge in [-0.05, 0) is 55.3 Å². The van der Waals surface area contributed by atoms with E-state index in [4.69, 9.17) is 0 Å². The largest absolute Gasteiger partial charge is 0.393 e. The van der Waals surface area contributed by atoms with Crippen molar-refractivity contribution in [3.8, 4) is 0 Å². The van der Waals surface area contributed by atoms with E-state index >= 15 is 0 Å². The molecule has 0 aromatic carbocycles. The fourth-order valence-electron chi connectivity index (χ4n) is 5.74. The van der Waals surface area contributed by atoms with Gasteiger partial charge in [0, 0.05) is 5.41 Å². The molecule has 0 radical (unpaired) electrons. The third kappa shape index (κ3) is 1.31. The first-order valence-corrected chi connectivity index (χ1v) is 7.45. The highest BCUT2D eigenvalue weighted by molar-refractivity contribution is 5.22. The molecule has 0 aliphatic heterocycles. The first-order valence-electron chi connectivity index (χ1n) is 7.45. The Morgan fingerprint density at radius 2 is 1.67 bits per heavy atom. The van der Waals surface area contributed by atoms with Gasteiger partial charge in [0.25, 0.3) is 0 Å². The maximum atomic E-state index is 10.9. The van der Waals surface area contributed by atoms with E-state index in [1.165, 1.54) is 0 Å². The molecule has 0 heterocycles. The van der Waals surface area contributed by atoms with Crippen LogP contribution in [0.1, 0.15) is 60.3 Å². The maximum absolute atomic E-state index is 10.9. The van der Waals surface area contributed by atoms with Crippen LogP contribution in [0.15, 0.2) is 0 Å². The highest BCUT2D eigenvalue weighted by Gasteiger charge is 2.73. The monoisotopic (exact) mass is 252 g/mol. The Morgan fingerprint density at radius 1 is 1.06 bits per heavy atom. The van der Waals surface area contributed by atoms with E-state index in [0.717, 1.165) is 25.7 Å². The fraction of sp³-hybridized carbons (Fsp3) is 1.00. The second kappa shape index (κ2) is 3.15. The minimum absolute atomic E-state index is 0.0407. The molecule has 3 aliphatic carbocycles. The van der Waals surface area contributed by atoms with E-state index in [-0.39, 0.29) is 16.9 Å². The molecule has 0 amide bonds. The molecule has 0 saturated heterocycles. The van der Waals surface area contributed by atoms with Crippen molar-refractivity contribution in [1.82, 2.24) is 0 Å². The molecule has 104 valence electrons. The number of aliphatic hydroxyl groups excluding tert-OH is 1. The smallest absolute Gasteiger partial charge is 0.0677 e. The highest BCUT2D eigenvalue weighted by atomic mass is 16.3. The lowest BCUT2D eigenvalue weighted by Gasteiger charge is -2.66. The molecule has 3 aliphatic rings. The minimum Gasteiger partial charge on any atom is -0.393 e. The first-order chi connectivity index (χ1) is 8.05.